The summed E-state index contributed by atoms with van der Waals surface area (Å²) in [6.07, 6.45) is 2.10. The van der Waals surface area contributed by atoms with Crippen LogP contribution in [0.25, 0.3) is 0 Å². The smallest absolute Gasteiger partial charge is 0.227 e. The second-order valence-electron chi connectivity index (χ2n) is 4.80. The van der Waals surface area contributed by atoms with Crippen LogP contribution < -0.4 is 0 Å². The first kappa shape index (κ1) is 12.1. The van der Waals surface area contributed by atoms with E-state index in [4.69, 9.17) is 9.47 Å². The molecular formula is C13H17NO3S. The van der Waals surface area contributed by atoms with Crippen LogP contribution >= 0.6 is 11.3 Å². The number of piperidine rings is 1. The fourth-order valence-electron chi connectivity index (χ4n) is 2.56. The molecule has 1 spiro atoms. The van der Waals surface area contributed by atoms with Crippen LogP contribution in [0.1, 0.15) is 18.4 Å². The molecule has 1 aromatic rings. The summed E-state index contributed by atoms with van der Waals surface area (Å²) in [6, 6.07) is 2.01. The van der Waals surface area contributed by atoms with E-state index >= 15 is 0 Å². The van der Waals surface area contributed by atoms with Crippen molar-refractivity contribution < 1.29 is 14.3 Å². The van der Waals surface area contributed by atoms with Gasteiger partial charge in [-0.25, -0.2) is 0 Å². The Kier molecular flexibility index (Phi) is 3.37. The van der Waals surface area contributed by atoms with Crippen LogP contribution in [-0.2, 0) is 20.7 Å². The van der Waals surface area contributed by atoms with E-state index in [1.165, 1.54) is 0 Å². The maximum absolute atomic E-state index is 12.1. The summed E-state index contributed by atoms with van der Waals surface area (Å²) in [5, 5.41) is 4.04. The molecular weight excluding hydrogens is 250 g/mol. The van der Waals surface area contributed by atoms with E-state index in [1.807, 2.05) is 21.7 Å². The molecule has 2 aliphatic rings. The van der Waals surface area contributed by atoms with E-state index in [0.717, 1.165) is 31.5 Å². The van der Waals surface area contributed by atoms with Gasteiger partial charge in [-0.05, 0) is 22.4 Å². The third kappa shape index (κ3) is 2.43. The van der Waals surface area contributed by atoms with Crippen LogP contribution in [0.15, 0.2) is 16.8 Å². The maximum Gasteiger partial charge on any atom is 0.227 e. The standard InChI is InChI=1S/C13H17NO3S/c15-12(9-11-1-8-18-10-11)14-4-2-13(3-5-14)16-6-7-17-13/h1,8,10H,2-7,9H2. The fourth-order valence-corrected chi connectivity index (χ4v) is 3.23. The van der Waals surface area contributed by atoms with Crippen LogP contribution in [0.5, 0.6) is 0 Å². The Morgan fingerprint density at radius 2 is 2.06 bits per heavy atom. The molecule has 0 aliphatic carbocycles. The third-order valence-corrected chi connectivity index (χ3v) is 4.36. The quantitative estimate of drug-likeness (QED) is 0.818. The van der Waals surface area contributed by atoms with Crippen molar-refractivity contribution in [3.8, 4) is 0 Å². The van der Waals surface area contributed by atoms with Crippen molar-refractivity contribution in [1.82, 2.24) is 4.90 Å². The van der Waals surface area contributed by atoms with Crippen LogP contribution in [0.2, 0.25) is 0 Å². The number of nitrogens with zero attached hydrogens (tertiary/aromatic N) is 1. The van der Waals surface area contributed by atoms with Crippen molar-refractivity contribution in [3.63, 3.8) is 0 Å². The molecule has 0 N–H and O–H groups in total. The lowest BCUT2D eigenvalue weighted by atomic mass is 10.0. The van der Waals surface area contributed by atoms with Gasteiger partial charge in [0.2, 0.25) is 5.91 Å². The summed E-state index contributed by atoms with van der Waals surface area (Å²) >= 11 is 1.63. The second-order valence-corrected chi connectivity index (χ2v) is 5.58. The molecule has 0 bridgehead atoms. The average Bonchev–Trinajstić information content (AvgIpc) is 3.03. The van der Waals surface area contributed by atoms with Gasteiger partial charge in [0.25, 0.3) is 0 Å². The Hall–Kier alpha value is -0.910. The molecule has 3 heterocycles. The maximum atomic E-state index is 12.1. The highest BCUT2D eigenvalue weighted by Gasteiger charge is 2.40. The molecule has 0 atom stereocenters. The molecule has 2 aliphatic heterocycles. The minimum absolute atomic E-state index is 0.209. The zero-order valence-corrected chi connectivity index (χ0v) is 11.1. The van der Waals surface area contributed by atoms with Gasteiger partial charge >= 0.3 is 0 Å². The van der Waals surface area contributed by atoms with Crippen molar-refractivity contribution in [2.45, 2.75) is 25.0 Å². The van der Waals surface area contributed by atoms with E-state index < -0.39 is 0 Å². The van der Waals surface area contributed by atoms with E-state index in [1.54, 1.807) is 11.3 Å². The first-order chi connectivity index (χ1) is 8.77. The Balaban J connectivity index is 1.54. The number of rotatable bonds is 2. The van der Waals surface area contributed by atoms with Gasteiger partial charge in [0.1, 0.15) is 0 Å². The molecule has 98 valence electrons. The van der Waals surface area contributed by atoms with Gasteiger partial charge in [-0.1, -0.05) is 0 Å². The first-order valence-corrected chi connectivity index (χ1v) is 7.28. The van der Waals surface area contributed by atoms with Crippen molar-refractivity contribution in [2.24, 2.45) is 0 Å². The number of amides is 1. The Bertz CT molecular complexity index is 402. The number of hydrogen-bond donors (Lipinski definition) is 0. The molecule has 0 saturated carbocycles. The van der Waals surface area contributed by atoms with E-state index in [9.17, 15) is 4.79 Å². The van der Waals surface area contributed by atoms with E-state index in [-0.39, 0.29) is 11.7 Å². The summed E-state index contributed by atoms with van der Waals surface area (Å²) in [4.78, 5) is 14.0. The van der Waals surface area contributed by atoms with Crippen molar-refractivity contribution >= 4 is 17.2 Å². The number of ether oxygens (including phenoxy) is 2. The molecule has 2 saturated heterocycles. The number of carbonyl (C=O) groups is 1. The van der Waals surface area contributed by atoms with Crippen LogP contribution in [0, 0.1) is 0 Å². The van der Waals surface area contributed by atoms with Gasteiger partial charge in [-0.2, -0.15) is 11.3 Å². The molecule has 3 rings (SSSR count). The minimum atomic E-state index is -0.390. The zero-order valence-electron chi connectivity index (χ0n) is 10.3. The molecule has 4 nitrogen and oxygen atoms in total. The average molecular weight is 267 g/mol. The van der Waals surface area contributed by atoms with Crippen molar-refractivity contribution in [3.05, 3.63) is 22.4 Å². The Morgan fingerprint density at radius 3 is 2.67 bits per heavy atom. The predicted molar refractivity (Wildman–Crippen MR) is 68.5 cm³/mol. The molecule has 0 aromatic carbocycles. The Morgan fingerprint density at radius 1 is 1.33 bits per heavy atom. The molecule has 0 unspecified atom stereocenters. The summed E-state index contributed by atoms with van der Waals surface area (Å²) < 4.78 is 11.3. The normalized spacial score (nSPS) is 22.6. The van der Waals surface area contributed by atoms with E-state index in [2.05, 4.69) is 0 Å². The highest BCUT2D eigenvalue weighted by Crippen LogP contribution is 2.31. The number of thiophene rings is 1. The van der Waals surface area contributed by atoms with Crippen LogP contribution in [0.4, 0.5) is 0 Å². The SMILES string of the molecule is O=C(Cc1ccsc1)N1CCC2(CC1)OCCO2. The molecule has 1 aromatic heterocycles. The number of carbonyl (C=O) groups excluding carboxylic acids is 1. The highest BCUT2D eigenvalue weighted by atomic mass is 32.1. The molecule has 2 fully saturated rings. The highest BCUT2D eigenvalue weighted by molar-refractivity contribution is 7.07. The minimum Gasteiger partial charge on any atom is -0.347 e. The lowest BCUT2D eigenvalue weighted by molar-refractivity contribution is -0.187. The predicted octanol–water partition coefficient (Wildman–Crippen LogP) is 1.66. The molecule has 1 amide bonds. The number of hydrogen-bond acceptors (Lipinski definition) is 4. The van der Waals surface area contributed by atoms with E-state index in [0.29, 0.717) is 19.6 Å². The second kappa shape index (κ2) is 4.99. The fraction of sp³-hybridized carbons (Fsp3) is 0.615. The monoisotopic (exact) mass is 267 g/mol. The summed E-state index contributed by atoms with van der Waals surface area (Å²) in [5.41, 5.74) is 1.11. The molecule has 5 heteroatoms. The number of likely N-dealkylation sites (tertiary alicyclic amines) is 1. The summed E-state index contributed by atoms with van der Waals surface area (Å²) in [6.45, 7) is 2.84. The van der Waals surface area contributed by atoms with Crippen LogP contribution in [0.3, 0.4) is 0 Å². The molecule has 0 radical (unpaired) electrons. The van der Waals surface area contributed by atoms with Gasteiger partial charge in [-0.3, -0.25) is 4.79 Å². The van der Waals surface area contributed by atoms with Gasteiger partial charge in [0.05, 0.1) is 19.6 Å². The lowest BCUT2D eigenvalue weighted by Gasteiger charge is -2.37. The van der Waals surface area contributed by atoms with Crippen molar-refractivity contribution in [1.29, 1.82) is 0 Å². The largest absolute Gasteiger partial charge is 0.347 e. The van der Waals surface area contributed by atoms with Gasteiger partial charge in [-0.15, -0.1) is 0 Å². The first-order valence-electron chi connectivity index (χ1n) is 6.34. The summed E-state index contributed by atoms with van der Waals surface area (Å²) in [5.74, 6) is -0.180. The van der Waals surface area contributed by atoms with Crippen molar-refractivity contribution in [2.75, 3.05) is 26.3 Å². The van der Waals surface area contributed by atoms with Crippen LogP contribution in [-0.4, -0.2) is 42.9 Å². The summed E-state index contributed by atoms with van der Waals surface area (Å²) in [7, 11) is 0. The topological polar surface area (TPSA) is 38.8 Å². The zero-order chi connectivity index (χ0) is 12.4. The Labute approximate surface area is 110 Å². The third-order valence-electron chi connectivity index (χ3n) is 3.63. The molecule has 18 heavy (non-hydrogen) atoms. The van der Waals surface area contributed by atoms with Gasteiger partial charge in [0, 0.05) is 25.9 Å². The lowest BCUT2D eigenvalue weighted by Crippen LogP contribution is -2.47. The van der Waals surface area contributed by atoms with Gasteiger partial charge in [0.15, 0.2) is 5.79 Å². The van der Waals surface area contributed by atoms with Gasteiger partial charge < -0.3 is 14.4 Å².